The van der Waals surface area contributed by atoms with Gasteiger partial charge in [0.15, 0.2) is 0 Å². The zero-order valence-electron chi connectivity index (χ0n) is 15.8. The molecule has 1 saturated carbocycles. The molecule has 8 heteroatoms. The number of halogens is 1. The molecule has 1 heterocycles. The molecule has 2 aromatic carbocycles. The molecule has 0 saturated heterocycles. The van der Waals surface area contributed by atoms with Crippen LogP contribution in [0.1, 0.15) is 29.5 Å². The summed E-state index contributed by atoms with van der Waals surface area (Å²) in [6.07, 6.45) is 3.03. The monoisotopic (exact) mass is 447 g/mol. The van der Waals surface area contributed by atoms with Gasteiger partial charge in [-0.15, -0.1) is 0 Å². The SMILES string of the molecule is NSSc1cc(NC(=O)Cc2ccccc2Cl)cc2c1CCN(C(=O)C1CC1)C2. The maximum absolute atomic E-state index is 12.6. The van der Waals surface area contributed by atoms with Crippen LogP contribution in [0.3, 0.4) is 0 Å². The quantitative estimate of drug-likeness (QED) is 0.506. The number of hydrogen-bond donors (Lipinski definition) is 2. The molecule has 1 aliphatic heterocycles. The topological polar surface area (TPSA) is 75.4 Å². The van der Waals surface area contributed by atoms with Crippen LogP contribution in [0.2, 0.25) is 5.02 Å². The molecule has 2 aromatic rings. The third kappa shape index (κ3) is 4.91. The van der Waals surface area contributed by atoms with Gasteiger partial charge in [0.1, 0.15) is 0 Å². The minimum absolute atomic E-state index is 0.129. The van der Waals surface area contributed by atoms with Gasteiger partial charge >= 0.3 is 0 Å². The zero-order valence-corrected chi connectivity index (χ0v) is 18.2. The normalized spacial score (nSPS) is 15.7. The van der Waals surface area contributed by atoms with Gasteiger partial charge in [-0.05, 0) is 75.9 Å². The van der Waals surface area contributed by atoms with Gasteiger partial charge in [0.05, 0.1) is 6.42 Å². The Balaban J connectivity index is 1.53. The second kappa shape index (κ2) is 9.00. The number of anilines is 1. The van der Waals surface area contributed by atoms with Crippen LogP contribution < -0.4 is 10.5 Å². The van der Waals surface area contributed by atoms with Gasteiger partial charge in [-0.3, -0.25) is 14.7 Å². The highest BCUT2D eigenvalue weighted by molar-refractivity contribution is 8.75. The van der Waals surface area contributed by atoms with Crippen molar-refractivity contribution < 1.29 is 9.59 Å². The first kappa shape index (κ1) is 20.6. The lowest BCUT2D eigenvalue weighted by molar-refractivity contribution is -0.133. The molecule has 152 valence electrons. The molecule has 4 rings (SSSR count). The van der Waals surface area contributed by atoms with Gasteiger partial charge in [-0.25, -0.2) is 0 Å². The highest BCUT2D eigenvalue weighted by Crippen LogP contribution is 2.38. The van der Waals surface area contributed by atoms with E-state index in [4.69, 9.17) is 16.7 Å². The van der Waals surface area contributed by atoms with Crippen LogP contribution in [0.5, 0.6) is 0 Å². The van der Waals surface area contributed by atoms with Crippen molar-refractivity contribution >= 4 is 50.9 Å². The molecule has 2 amide bonds. The van der Waals surface area contributed by atoms with E-state index in [9.17, 15) is 9.59 Å². The summed E-state index contributed by atoms with van der Waals surface area (Å²) in [7, 11) is 2.67. The summed E-state index contributed by atoms with van der Waals surface area (Å²) in [6.45, 7) is 1.32. The third-order valence-corrected chi connectivity index (χ3v) is 7.10. The summed E-state index contributed by atoms with van der Waals surface area (Å²) in [6, 6.07) is 11.3. The van der Waals surface area contributed by atoms with Crippen molar-refractivity contribution in [2.24, 2.45) is 11.1 Å². The fourth-order valence-electron chi connectivity index (χ4n) is 3.65. The molecule has 3 N–H and O–H groups in total. The van der Waals surface area contributed by atoms with Gasteiger partial charge in [0.2, 0.25) is 11.8 Å². The van der Waals surface area contributed by atoms with Crippen molar-refractivity contribution in [3.05, 3.63) is 58.1 Å². The maximum Gasteiger partial charge on any atom is 0.228 e. The first-order valence-corrected chi connectivity index (χ1v) is 12.2. The number of benzene rings is 2. The predicted octanol–water partition coefficient (Wildman–Crippen LogP) is 4.43. The Kier molecular flexibility index (Phi) is 6.39. The van der Waals surface area contributed by atoms with Gasteiger partial charge in [0.25, 0.3) is 0 Å². The first-order valence-electron chi connectivity index (χ1n) is 9.56. The second-order valence-electron chi connectivity index (χ2n) is 7.39. The summed E-state index contributed by atoms with van der Waals surface area (Å²) in [5, 5.41) is 9.26. The number of nitrogens with zero attached hydrogens (tertiary/aromatic N) is 1. The summed E-state index contributed by atoms with van der Waals surface area (Å²) >= 11 is 6.17. The van der Waals surface area contributed by atoms with Gasteiger partial charge in [-0.1, -0.05) is 29.8 Å². The van der Waals surface area contributed by atoms with Crippen molar-refractivity contribution in [1.29, 1.82) is 0 Å². The van der Waals surface area contributed by atoms with Crippen LogP contribution in [0, 0.1) is 5.92 Å². The molecule has 0 radical (unpaired) electrons. The van der Waals surface area contributed by atoms with Gasteiger partial charge in [-0.2, -0.15) is 0 Å². The number of hydrogen-bond acceptors (Lipinski definition) is 5. The lowest BCUT2D eigenvalue weighted by Gasteiger charge is -2.30. The molecule has 29 heavy (non-hydrogen) atoms. The van der Waals surface area contributed by atoms with E-state index in [0.717, 1.165) is 47.5 Å². The second-order valence-corrected chi connectivity index (χ2v) is 9.68. The van der Waals surface area contributed by atoms with E-state index in [0.29, 0.717) is 11.6 Å². The predicted molar refractivity (Wildman–Crippen MR) is 120 cm³/mol. The average molecular weight is 448 g/mol. The largest absolute Gasteiger partial charge is 0.338 e. The van der Waals surface area contributed by atoms with Crippen molar-refractivity contribution in [3.63, 3.8) is 0 Å². The first-order chi connectivity index (χ1) is 14.0. The molecule has 1 fully saturated rings. The molecule has 2 aliphatic rings. The van der Waals surface area contributed by atoms with Crippen molar-refractivity contribution in [3.8, 4) is 0 Å². The van der Waals surface area contributed by atoms with E-state index in [1.54, 1.807) is 6.07 Å². The number of nitrogens with one attached hydrogen (secondary N) is 1. The van der Waals surface area contributed by atoms with E-state index < -0.39 is 0 Å². The molecule has 0 spiro atoms. The highest BCUT2D eigenvalue weighted by atomic mass is 35.5. The number of fused-ring (bicyclic) bond motifs is 1. The van der Waals surface area contributed by atoms with Crippen LogP contribution in [0.15, 0.2) is 41.3 Å². The smallest absolute Gasteiger partial charge is 0.228 e. The fourth-order valence-corrected chi connectivity index (χ4v) is 5.23. The molecule has 0 bridgehead atoms. The Morgan fingerprint density at radius 2 is 2.03 bits per heavy atom. The summed E-state index contributed by atoms with van der Waals surface area (Å²) < 4.78 is 0. The van der Waals surface area contributed by atoms with Crippen LogP contribution >= 0.6 is 33.4 Å². The Hall–Kier alpha value is -1.67. The van der Waals surface area contributed by atoms with Crippen molar-refractivity contribution in [2.45, 2.75) is 37.1 Å². The van der Waals surface area contributed by atoms with Crippen molar-refractivity contribution in [1.82, 2.24) is 4.90 Å². The fraction of sp³-hybridized carbons (Fsp3) is 0.333. The summed E-state index contributed by atoms with van der Waals surface area (Å²) in [5.74, 6) is 0.339. The number of carbonyl (C=O) groups is 2. The summed E-state index contributed by atoms with van der Waals surface area (Å²) in [4.78, 5) is 28.1. The van der Waals surface area contributed by atoms with Gasteiger partial charge < -0.3 is 10.2 Å². The van der Waals surface area contributed by atoms with E-state index in [-0.39, 0.29) is 24.2 Å². The Morgan fingerprint density at radius 3 is 2.76 bits per heavy atom. The molecular weight excluding hydrogens is 426 g/mol. The Bertz CT molecular complexity index is 950. The van der Waals surface area contributed by atoms with Gasteiger partial charge in [0, 0.05) is 34.6 Å². The van der Waals surface area contributed by atoms with Crippen LogP contribution in [0.4, 0.5) is 5.69 Å². The van der Waals surface area contributed by atoms with Crippen LogP contribution in [-0.4, -0.2) is 23.3 Å². The van der Waals surface area contributed by atoms with Crippen LogP contribution in [-0.2, 0) is 29.0 Å². The molecule has 1 aliphatic carbocycles. The number of amides is 2. The van der Waals surface area contributed by atoms with E-state index in [1.807, 2.05) is 35.2 Å². The minimum atomic E-state index is -0.129. The lowest BCUT2D eigenvalue weighted by atomic mass is 9.98. The van der Waals surface area contributed by atoms with Crippen molar-refractivity contribution in [2.75, 3.05) is 11.9 Å². The van der Waals surface area contributed by atoms with E-state index >= 15 is 0 Å². The lowest BCUT2D eigenvalue weighted by Crippen LogP contribution is -2.37. The highest BCUT2D eigenvalue weighted by Gasteiger charge is 2.35. The standard InChI is InChI=1S/C21H22ClN3O2S2/c22-18-4-2-1-3-14(18)10-20(26)24-16-9-15-12-25(21(27)13-5-6-13)8-7-17(15)19(11-16)28-29-23/h1-4,9,11,13H,5-8,10,12,23H2,(H,24,26). The number of nitrogens with two attached hydrogens (primary N) is 1. The Morgan fingerprint density at radius 1 is 1.24 bits per heavy atom. The molecular formula is C21H22ClN3O2S2. The summed E-state index contributed by atoms with van der Waals surface area (Å²) in [5.41, 5.74) is 3.81. The number of carbonyl (C=O) groups excluding carboxylic acids is 2. The van der Waals surface area contributed by atoms with E-state index in [2.05, 4.69) is 5.32 Å². The zero-order chi connectivity index (χ0) is 20.4. The molecule has 0 aromatic heterocycles. The number of rotatable bonds is 6. The minimum Gasteiger partial charge on any atom is -0.338 e. The molecule has 0 atom stereocenters. The Labute approximate surface area is 183 Å². The third-order valence-electron chi connectivity index (χ3n) is 5.26. The average Bonchev–Trinajstić information content (AvgIpc) is 3.54. The molecule has 5 nitrogen and oxygen atoms in total. The molecule has 0 unspecified atom stereocenters. The van der Waals surface area contributed by atoms with E-state index in [1.165, 1.54) is 27.3 Å². The maximum atomic E-state index is 12.6. The van der Waals surface area contributed by atoms with Crippen LogP contribution in [0.25, 0.3) is 0 Å².